The van der Waals surface area contributed by atoms with Crippen molar-refractivity contribution in [2.24, 2.45) is 0 Å². The van der Waals surface area contributed by atoms with Gasteiger partial charge in [-0.1, -0.05) is 6.07 Å². The van der Waals surface area contributed by atoms with E-state index < -0.39 is 5.97 Å². The molecule has 0 amide bonds. The van der Waals surface area contributed by atoms with Crippen molar-refractivity contribution in [3.05, 3.63) is 36.4 Å². The Morgan fingerprint density at radius 1 is 1.50 bits per heavy atom. The van der Waals surface area contributed by atoms with Crippen LogP contribution < -0.4 is 9.64 Å². The molecule has 104 valence electrons. The predicted octanol–water partition coefficient (Wildman–Crippen LogP) is 1.43. The molecule has 0 aromatic carbocycles. The lowest BCUT2D eigenvalue weighted by molar-refractivity contribution is 0.0690. The fourth-order valence-corrected chi connectivity index (χ4v) is 2.09. The van der Waals surface area contributed by atoms with Crippen molar-refractivity contribution in [1.29, 1.82) is 0 Å². The molecule has 1 aliphatic heterocycles. The first-order valence-corrected chi connectivity index (χ1v) is 6.24. The first-order chi connectivity index (χ1) is 9.72. The van der Waals surface area contributed by atoms with Crippen LogP contribution >= 0.6 is 0 Å². The van der Waals surface area contributed by atoms with E-state index in [1.54, 1.807) is 12.3 Å². The Labute approximate surface area is 114 Å². The number of aromatic carboxylic acids is 1. The molecular formula is C13H13N3O4. The monoisotopic (exact) mass is 275 g/mol. The van der Waals surface area contributed by atoms with E-state index in [0.29, 0.717) is 25.0 Å². The van der Waals surface area contributed by atoms with E-state index in [-0.39, 0.29) is 11.8 Å². The second-order valence-corrected chi connectivity index (χ2v) is 4.46. The molecule has 7 nitrogen and oxygen atoms in total. The number of rotatable bonds is 4. The molecule has 3 rings (SSSR count). The number of carboxylic acids is 1. The van der Waals surface area contributed by atoms with Crippen molar-refractivity contribution in [2.75, 3.05) is 18.0 Å². The van der Waals surface area contributed by atoms with Gasteiger partial charge < -0.3 is 19.2 Å². The van der Waals surface area contributed by atoms with Crippen LogP contribution in [-0.2, 0) is 0 Å². The topological polar surface area (TPSA) is 88.7 Å². The molecule has 0 radical (unpaired) electrons. The summed E-state index contributed by atoms with van der Waals surface area (Å²) < 4.78 is 10.9. The lowest BCUT2D eigenvalue weighted by Crippen LogP contribution is -2.25. The Bertz CT molecular complexity index is 599. The van der Waals surface area contributed by atoms with Gasteiger partial charge in [0.25, 0.3) is 6.01 Å². The minimum Gasteiger partial charge on any atom is -0.476 e. The highest BCUT2D eigenvalue weighted by atomic mass is 16.5. The van der Waals surface area contributed by atoms with Crippen LogP contribution in [0, 0.1) is 0 Å². The van der Waals surface area contributed by atoms with Gasteiger partial charge in [0.15, 0.2) is 5.69 Å². The van der Waals surface area contributed by atoms with Crippen LogP contribution in [0.1, 0.15) is 16.9 Å². The van der Waals surface area contributed by atoms with Crippen molar-refractivity contribution >= 4 is 12.0 Å². The number of anilines is 1. The van der Waals surface area contributed by atoms with Gasteiger partial charge in [-0.25, -0.2) is 9.78 Å². The predicted molar refractivity (Wildman–Crippen MR) is 68.9 cm³/mol. The van der Waals surface area contributed by atoms with Gasteiger partial charge in [-0.3, -0.25) is 0 Å². The number of nitrogens with zero attached hydrogens (tertiary/aromatic N) is 3. The van der Waals surface area contributed by atoms with Crippen LogP contribution in [0.3, 0.4) is 0 Å². The summed E-state index contributed by atoms with van der Waals surface area (Å²) in [5, 5.41) is 8.81. The molecule has 1 atom stereocenters. The van der Waals surface area contributed by atoms with Gasteiger partial charge in [0, 0.05) is 25.2 Å². The van der Waals surface area contributed by atoms with E-state index in [0.717, 1.165) is 12.7 Å². The number of carbonyl (C=O) groups is 1. The maximum Gasteiger partial charge on any atom is 0.357 e. The third-order valence-corrected chi connectivity index (χ3v) is 3.05. The third kappa shape index (κ3) is 2.56. The summed E-state index contributed by atoms with van der Waals surface area (Å²) in [7, 11) is 0. The Morgan fingerprint density at radius 3 is 3.10 bits per heavy atom. The summed E-state index contributed by atoms with van der Waals surface area (Å²) in [5.41, 5.74) is -0.0888. The molecule has 1 saturated heterocycles. The molecule has 20 heavy (non-hydrogen) atoms. The van der Waals surface area contributed by atoms with Gasteiger partial charge in [0.05, 0.1) is 6.54 Å². The van der Waals surface area contributed by atoms with Gasteiger partial charge in [-0.05, 0) is 6.07 Å². The molecule has 1 fully saturated rings. The van der Waals surface area contributed by atoms with Crippen molar-refractivity contribution in [3.63, 3.8) is 0 Å². The second-order valence-electron chi connectivity index (χ2n) is 4.46. The summed E-state index contributed by atoms with van der Waals surface area (Å²) in [6, 6.07) is 5.81. The van der Waals surface area contributed by atoms with E-state index in [1.807, 2.05) is 17.0 Å². The first-order valence-electron chi connectivity index (χ1n) is 6.24. The van der Waals surface area contributed by atoms with Crippen LogP contribution in [0.2, 0.25) is 0 Å². The Morgan fingerprint density at radius 2 is 2.40 bits per heavy atom. The van der Waals surface area contributed by atoms with E-state index in [4.69, 9.17) is 14.3 Å². The smallest absolute Gasteiger partial charge is 0.357 e. The number of hydrogen-bond donors (Lipinski definition) is 1. The number of hydrogen-bond acceptors (Lipinski definition) is 6. The van der Waals surface area contributed by atoms with Crippen LogP contribution in [0.4, 0.5) is 6.01 Å². The molecule has 3 heterocycles. The Kier molecular flexibility index (Phi) is 3.24. The highest BCUT2D eigenvalue weighted by Crippen LogP contribution is 2.22. The SMILES string of the molecule is O=C(O)c1coc(N2CC[C@H](Oc3ccccn3)C2)n1. The Balaban J connectivity index is 1.63. The molecule has 1 N–H and O–H groups in total. The zero-order valence-electron chi connectivity index (χ0n) is 10.6. The number of ether oxygens (including phenoxy) is 1. The molecule has 2 aromatic heterocycles. The lowest BCUT2D eigenvalue weighted by Gasteiger charge is -2.14. The van der Waals surface area contributed by atoms with E-state index in [9.17, 15) is 4.79 Å². The first kappa shape index (κ1) is 12.5. The molecule has 0 spiro atoms. The summed E-state index contributed by atoms with van der Waals surface area (Å²) in [5.74, 6) is -0.515. The van der Waals surface area contributed by atoms with Crippen LogP contribution in [0.5, 0.6) is 5.88 Å². The van der Waals surface area contributed by atoms with E-state index >= 15 is 0 Å². The van der Waals surface area contributed by atoms with Crippen LogP contribution in [0.25, 0.3) is 0 Å². The molecule has 1 aliphatic rings. The zero-order chi connectivity index (χ0) is 13.9. The van der Waals surface area contributed by atoms with Crippen LogP contribution in [0.15, 0.2) is 35.1 Å². The van der Waals surface area contributed by atoms with E-state index in [2.05, 4.69) is 9.97 Å². The summed E-state index contributed by atoms with van der Waals surface area (Å²) in [4.78, 5) is 20.7. The maximum absolute atomic E-state index is 10.8. The maximum atomic E-state index is 10.8. The highest BCUT2D eigenvalue weighted by Gasteiger charge is 2.28. The molecule has 0 aliphatic carbocycles. The number of oxazole rings is 1. The van der Waals surface area contributed by atoms with Crippen molar-refractivity contribution in [2.45, 2.75) is 12.5 Å². The van der Waals surface area contributed by atoms with Crippen molar-refractivity contribution in [3.8, 4) is 5.88 Å². The molecule has 7 heteroatoms. The fourth-order valence-electron chi connectivity index (χ4n) is 2.09. The summed E-state index contributed by atoms with van der Waals surface area (Å²) in [6.45, 7) is 1.30. The van der Waals surface area contributed by atoms with Crippen molar-refractivity contribution in [1.82, 2.24) is 9.97 Å². The standard InChI is InChI=1S/C13H13N3O4/c17-12(18)10-8-19-13(15-10)16-6-4-9(7-16)20-11-3-1-2-5-14-11/h1-3,5,8-9H,4,6-7H2,(H,17,18)/t9-/m0/s1. The summed E-state index contributed by atoms with van der Waals surface area (Å²) >= 11 is 0. The van der Waals surface area contributed by atoms with Gasteiger partial charge in [-0.2, -0.15) is 4.98 Å². The van der Waals surface area contributed by atoms with Gasteiger partial charge in [-0.15, -0.1) is 0 Å². The van der Waals surface area contributed by atoms with Crippen molar-refractivity contribution < 1.29 is 19.1 Å². The van der Waals surface area contributed by atoms with Crippen LogP contribution in [-0.4, -0.2) is 40.2 Å². The van der Waals surface area contributed by atoms with Gasteiger partial charge in [0.1, 0.15) is 12.4 Å². The molecule has 0 unspecified atom stereocenters. The number of aromatic nitrogens is 2. The Hall–Kier alpha value is -2.57. The molecule has 0 saturated carbocycles. The largest absolute Gasteiger partial charge is 0.476 e. The average Bonchev–Trinajstić information content (AvgIpc) is 3.08. The molecule has 0 bridgehead atoms. The second kappa shape index (κ2) is 5.20. The quantitative estimate of drug-likeness (QED) is 0.902. The van der Waals surface area contributed by atoms with Gasteiger partial charge >= 0.3 is 5.97 Å². The zero-order valence-corrected chi connectivity index (χ0v) is 10.6. The normalized spacial score (nSPS) is 18.2. The molecule has 2 aromatic rings. The minimum atomic E-state index is -1.10. The fraction of sp³-hybridized carbons (Fsp3) is 0.308. The van der Waals surface area contributed by atoms with E-state index in [1.165, 1.54) is 0 Å². The number of carboxylic acid groups (broad SMARTS) is 1. The lowest BCUT2D eigenvalue weighted by atomic mass is 10.3. The van der Waals surface area contributed by atoms with Gasteiger partial charge in [0.2, 0.25) is 5.88 Å². The average molecular weight is 275 g/mol. The molecular weight excluding hydrogens is 262 g/mol. The highest BCUT2D eigenvalue weighted by molar-refractivity contribution is 5.85. The minimum absolute atomic E-state index is 0.00919. The third-order valence-electron chi connectivity index (χ3n) is 3.05. The number of pyridine rings is 1. The summed E-state index contributed by atoms with van der Waals surface area (Å²) in [6.07, 6.45) is 3.62.